The molecule has 2 aromatic heterocycles. The first-order valence-electron chi connectivity index (χ1n) is 6.48. The average Bonchev–Trinajstić information content (AvgIpc) is 2.95. The molecule has 8 nitrogen and oxygen atoms in total. The average molecular weight is 312 g/mol. The number of sulfonamides is 1. The largest absolute Gasteiger partial charge is 0.308 e. The van der Waals surface area contributed by atoms with Crippen molar-refractivity contribution in [1.29, 1.82) is 0 Å². The zero-order chi connectivity index (χ0) is 15.6. The molecular formula is C12H20N6O2S. The maximum absolute atomic E-state index is 12.3. The molecule has 9 heteroatoms. The van der Waals surface area contributed by atoms with E-state index in [4.69, 9.17) is 0 Å². The molecule has 0 aliphatic heterocycles. The number of nitrogens with one attached hydrogen (secondary N) is 1. The molecule has 0 radical (unpaired) electrons. The Balaban J connectivity index is 2.12. The Morgan fingerprint density at radius 1 is 1.29 bits per heavy atom. The van der Waals surface area contributed by atoms with Crippen molar-refractivity contribution in [2.24, 2.45) is 7.05 Å². The number of nitrogens with zero attached hydrogens (tertiary/aromatic N) is 5. The van der Waals surface area contributed by atoms with Crippen LogP contribution in [0.4, 0.5) is 5.69 Å². The van der Waals surface area contributed by atoms with E-state index in [2.05, 4.69) is 14.9 Å². The van der Waals surface area contributed by atoms with Gasteiger partial charge in [-0.2, -0.15) is 10.2 Å². The highest BCUT2D eigenvalue weighted by atomic mass is 32.2. The van der Waals surface area contributed by atoms with Gasteiger partial charge in [0.1, 0.15) is 4.90 Å². The van der Waals surface area contributed by atoms with Crippen LogP contribution in [0.3, 0.4) is 0 Å². The van der Waals surface area contributed by atoms with E-state index in [9.17, 15) is 8.42 Å². The van der Waals surface area contributed by atoms with Crippen molar-refractivity contribution in [3.05, 3.63) is 24.3 Å². The second kappa shape index (κ2) is 5.86. The normalized spacial score (nSPS) is 12.0. The van der Waals surface area contributed by atoms with Crippen LogP contribution >= 0.6 is 0 Å². The zero-order valence-corrected chi connectivity index (χ0v) is 13.4. The molecule has 0 aliphatic carbocycles. The van der Waals surface area contributed by atoms with Crippen LogP contribution in [0.5, 0.6) is 0 Å². The van der Waals surface area contributed by atoms with Gasteiger partial charge in [0.25, 0.3) is 10.0 Å². The number of aryl methyl sites for hydroxylation is 1. The first-order chi connectivity index (χ1) is 9.79. The molecule has 21 heavy (non-hydrogen) atoms. The monoisotopic (exact) mass is 312 g/mol. The molecule has 2 rings (SSSR count). The third kappa shape index (κ3) is 3.61. The minimum atomic E-state index is -3.64. The fourth-order valence-electron chi connectivity index (χ4n) is 1.79. The molecule has 0 aliphatic rings. The summed E-state index contributed by atoms with van der Waals surface area (Å²) >= 11 is 0. The van der Waals surface area contributed by atoms with Crippen LogP contribution in [-0.4, -0.2) is 53.5 Å². The molecule has 0 spiro atoms. The fraction of sp³-hybridized carbons (Fsp3) is 0.500. The van der Waals surface area contributed by atoms with Crippen LogP contribution in [0.2, 0.25) is 0 Å². The Kier molecular flexibility index (Phi) is 4.33. The van der Waals surface area contributed by atoms with Gasteiger partial charge in [0.2, 0.25) is 0 Å². The zero-order valence-electron chi connectivity index (χ0n) is 12.6. The van der Waals surface area contributed by atoms with Gasteiger partial charge in [-0.1, -0.05) is 0 Å². The van der Waals surface area contributed by atoms with Crippen molar-refractivity contribution in [3.8, 4) is 0 Å². The van der Waals surface area contributed by atoms with E-state index in [0.29, 0.717) is 17.9 Å². The summed E-state index contributed by atoms with van der Waals surface area (Å²) in [4.78, 5) is 2.20. The number of likely N-dealkylation sites (N-methyl/N-ethyl adjacent to an activating group) is 1. The molecule has 2 aromatic rings. The summed E-state index contributed by atoms with van der Waals surface area (Å²) in [7, 11) is 2.00. The van der Waals surface area contributed by atoms with Gasteiger partial charge in [-0.25, -0.2) is 8.42 Å². The molecule has 0 bridgehead atoms. The summed E-state index contributed by atoms with van der Waals surface area (Å²) in [6.45, 7) is 3.23. The molecule has 0 saturated carbocycles. The van der Waals surface area contributed by atoms with Gasteiger partial charge in [0, 0.05) is 19.8 Å². The van der Waals surface area contributed by atoms with E-state index in [1.807, 2.05) is 19.0 Å². The van der Waals surface area contributed by atoms with Crippen LogP contribution < -0.4 is 4.72 Å². The van der Waals surface area contributed by atoms with Crippen LogP contribution in [0, 0.1) is 6.92 Å². The Morgan fingerprint density at radius 3 is 2.57 bits per heavy atom. The lowest BCUT2D eigenvalue weighted by atomic mass is 10.5. The summed E-state index contributed by atoms with van der Waals surface area (Å²) in [5, 5.41) is 8.09. The van der Waals surface area contributed by atoms with Crippen molar-refractivity contribution in [2.75, 3.05) is 25.4 Å². The lowest BCUT2D eigenvalue weighted by molar-refractivity contribution is 0.373. The highest BCUT2D eigenvalue weighted by Crippen LogP contribution is 2.17. The molecule has 0 unspecified atom stereocenters. The fourth-order valence-corrected chi connectivity index (χ4v) is 3.03. The lowest BCUT2D eigenvalue weighted by Crippen LogP contribution is -2.18. The standard InChI is InChI=1S/C12H20N6O2S/c1-10-12(8-13-17(10)4)21(19,20)15-11-7-14-18(9-11)6-5-16(2)3/h7-9,15H,5-6H2,1-4H3. The van der Waals surface area contributed by atoms with Gasteiger partial charge in [-0.15, -0.1) is 0 Å². The molecule has 0 saturated heterocycles. The molecule has 1 N–H and O–H groups in total. The summed E-state index contributed by atoms with van der Waals surface area (Å²) in [5.74, 6) is 0. The van der Waals surface area contributed by atoms with Gasteiger partial charge in [0.05, 0.1) is 30.3 Å². The van der Waals surface area contributed by atoms with E-state index in [1.165, 1.54) is 17.1 Å². The summed E-state index contributed by atoms with van der Waals surface area (Å²) in [5.41, 5.74) is 1.03. The number of hydrogen-bond acceptors (Lipinski definition) is 5. The van der Waals surface area contributed by atoms with Crippen LogP contribution in [0.15, 0.2) is 23.5 Å². The SMILES string of the molecule is Cc1c(S(=O)(=O)Nc2cnn(CCN(C)C)c2)cnn1C. The molecule has 0 atom stereocenters. The minimum absolute atomic E-state index is 0.172. The highest BCUT2D eigenvalue weighted by molar-refractivity contribution is 7.92. The topological polar surface area (TPSA) is 85.1 Å². The van der Waals surface area contributed by atoms with E-state index in [1.54, 1.807) is 24.9 Å². The third-order valence-corrected chi connectivity index (χ3v) is 4.63. The summed E-state index contributed by atoms with van der Waals surface area (Å²) in [6.07, 6.45) is 4.51. The molecule has 0 aromatic carbocycles. The highest BCUT2D eigenvalue weighted by Gasteiger charge is 2.20. The van der Waals surface area contributed by atoms with Gasteiger partial charge in [-0.3, -0.25) is 14.1 Å². The smallest absolute Gasteiger partial charge is 0.265 e. The quantitative estimate of drug-likeness (QED) is 0.828. The van der Waals surface area contributed by atoms with Gasteiger partial charge >= 0.3 is 0 Å². The van der Waals surface area contributed by atoms with Crippen LogP contribution in [-0.2, 0) is 23.6 Å². The van der Waals surface area contributed by atoms with Crippen molar-refractivity contribution in [2.45, 2.75) is 18.4 Å². The van der Waals surface area contributed by atoms with Gasteiger partial charge < -0.3 is 4.90 Å². The number of rotatable bonds is 6. The minimum Gasteiger partial charge on any atom is -0.308 e. The Hall–Kier alpha value is -1.87. The summed E-state index contributed by atoms with van der Waals surface area (Å²) in [6, 6.07) is 0. The van der Waals surface area contributed by atoms with Crippen molar-refractivity contribution in [3.63, 3.8) is 0 Å². The molecule has 0 fully saturated rings. The second-order valence-electron chi connectivity index (χ2n) is 5.12. The number of anilines is 1. The molecule has 116 valence electrons. The molecular weight excluding hydrogens is 292 g/mol. The van der Waals surface area contributed by atoms with E-state index in [0.717, 1.165) is 6.54 Å². The van der Waals surface area contributed by atoms with Crippen molar-refractivity contribution < 1.29 is 8.42 Å². The van der Waals surface area contributed by atoms with E-state index in [-0.39, 0.29) is 4.90 Å². The van der Waals surface area contributed by atoms with Crippen molar-refractivity contribution >= 4 is 15.7 Å². The number of aromatic nitrogens is 4. The molecule has 2 heterocycles. The van der Waals surface area contributed by atoms with Crippen LogP contribution in [0.1, 0.15) is 5.69 Å². The summed E-state index contributed by atoms with van der Waals surface area (Å²) < 4.78 is 30.3. The Bertz CT molecular complexity index is 716. The van der Waals surface area contributed by atoms with Crippen molar-refractivity contribution in [1.82, 2.24) is 24.5 Å². The van der Waals surface area contributed by atoms with E-state index >= 15 is 0 Å². The lowest BCUT2D eigenvalue weighted by Gasteiger charge is -2.08. The predicted molar refractivity (Wildman–Crippen MR) is 79.5 cm³/mol. The molecule has 0 amide bonds. The van der Waals surface area contributed by atoms with Crippen LogP contribution in [0.25, 0.3) is 0 Å². The third-order valence-electron chi connectivity index (χ3n) is 3.14. The maximum atomic E-state index is 12.3. The number of hydrogen-bond donors (Lipinski definition) is 1. The second-order valence-corrected chi connectivity index (χ2v) is 6.77. The Labute approximate surface area is 124 Å². The van der Waals surface area contributed by atoms with Gasteiger partial charge in [-0.05, 0) is 21.0 Å². The van der Waals surface area contributed by atoms with Gasteiger partial charge in [0.15, 0.2) is 0 Å². The van der Waals surface area contributed by atoms with E-state index < -0.39 is 10.0 Å². The predicted octanol–water partition coefficient (Wildman–Crippen LogP) is 0.287. The maximum Gasteiger partial charge on any atom is 0.265 e. The Morgan fingerprint density at radius 2 is 2.00 bits per heavy atom. The first kappa shape index (κ1) is 15.5. The first-order valence-corrected chi connectivity index (χ1v) is 7.96.